The van der Waals surface area contributed by atoms with Gasteiger partial charge in [0.05, 0.1) is 23.4 Å². The first-order valence-corrected chi connectivity index (χ1v) is 7.35. The zero-order valence-corrected chi connectivity index (χ0v) is 12.5. The van der Waals surface area contributed by atoms with Crippen LogP contribution >= 0.6 is 0 Å². The Morgan fingerprint density at radius 3 is 2.95 bits per heavy atom. The van der Waals surface area contributed by atoms with Gasteiger partial charge in [-0.1, -0.05) is 0 Å². The molecule has 3 aromatic rings. The van der Waals surface area contributed by atoms with Crippen molar-refractivity contribution in [2.75, 3.05) is 5.32 Å². The van der Waals surface area contributed by atoms with Gasteiger partial charge in [-0.05, 0) is 32.0 Å². The first kappa shape index (κ1) is 12.9. The van der Waals surface area contributed by atoms with E-state index in [9.17, 15) is 0 Å². The molecule has 0 spiro atoms. The topological polar surface area (TPSA) is 68.0 Å². The van der Waals surface area contributed by atoms with Crippen molar-refractivity contribution in [3.8, 4) is 0 Å². The highest BCUT2D eigenvalue weighted by molar-refractivity contribution is 6.09. The maximum absolute atomic E-state index is 4.55. The molecule has 0 radical (unpaired) electrons. The number of anilines is 1. The summed E-state index contributed by atoms with van der Waals surface area (Å²) < 4.78 is 2.02. The molecule has 2 aromatic heterocycles. The summed E-state index contributed by atoms with van der Waals surface area (Å²) in [6.45, 7) is 5.58. The van der Waals surface area contributed by atoms with Gasteiger partial charge >= 0.3 is 0 Å². The minimum Gasteiger partial charge on any atom is -0.339 e. The summed E-state index contributed by atoms with van der Waals surface area (Å²) in [7, 11) is 0. The van der Waals surface area contributed by atoms with Gasteiger partial charge in [0.2, 0.25) is 0 Å². The van der Waals surface area contributed by atoms with Crippen molar-refractivity contribution >= 4 is 22.4 Å². The molecule has 0 amide bonds. The summed E-state index contributed by atoms with van der Waals surface area (Å²) in [5.74, 6) is 0.781. The predicted molar refractivity (Wildman–Crippen MR) is 86.0 cm³/mol. The molecule has 1 aliphatic rings. The van der Waals surface area contributed by atoms with E-state index in [2.05, 4.69) is 44.4 Å². The molecule has 0 saturated carbocycles. The van der Waals surface area contributed by atoms with Crippen LogP contribution in [-0.4, -0.2) is 25.6 Å². The standard InChI is InChI=1S/C16H16N6/c1-3-22-14-5-4-11(8-12(14)10(2)21-22)20-16-15-13(9-19-16)17-6-7-18-15/h4-8H,3,9H2,1-2H3,(H,19,20). The lowest BCUT2D eigenvalue weighted by atomic mass is 10.2. The molecular weight excluding hydrogens is 276 g/mol. The zero-order valence-electron chi connectivity index (χ0n) is 12.5. The molecular formula is C16H16N6. The smallest absolute Gasteiger partial charge is 0.154 e. The minimum absolute atomic E-state index is 0.584. The van der Waals surface area contributed by atoms with Crippen LogP contribution in [0.25, 0.3) is 10.9 Å². The number of hydrogen-bond acceptors (Lipinski definition) is 5. The Balaban J connectivity index is 1.70. The van der Waals surface area contributed by atoms with Gasteiger partial charge in [0.1, 0.15) is 5.69 Å². The molecule has 6 nitrogen and oxygen atoms in total. The molecule has 1 aromatic carbocycles. The summed E-state index contributed by atoms with van der Waals surface area (Å²) >= 11 is 0. The quantitative estimate of drug-likeness (QED) is 0.788. The monoisotopic (exact) mass is 292 g/mol. The number of aromatic nitrogens is 4. The summed E-state index contributed by atoms with van der Waals surface area (Å²) in [5.41, 5.74) is 4.93. The molecule has 22 heavy (non-hydrogen) atoms. The lowest BCUT2D eigenvalue weighted by Gasteiger charge is -2.07. The summed E-state index contributed by atoms with van der Waals surface area (Å²) in [6.07, 6.45) is 3.39. The van der Waals surface area contributed by atoms with Crippen molar-refractivity contribution in [2.45, 2.75) is 26.9 Å². The van der Waals surface area contributed by atoms with Crippen molar-refractivity contribution in [3.05, 3.63) is 47.7 Å². The highest BCUT2D eigenvalue weighted by Gasteiger charge is 2.18. The molecule has 0 bridgehead atoms. The van der Waals surface area contributed by atoms with Crippen LogP contribution in [0.15, 0.2) is 35.6 Å². The second kappa shape index (κ2) is 4.91. The van der Waals surface area contributed by atoms with E-state index in [-0.39, 0.29) is 0 Å². The first-order chi connectivity index (χ1) is 10.8. The van der Waals surface area contributed by atoms with E-state index in [0.29, 0.717) is 6.54 Å². The lowest BCUT2D eigenvalue weighted by Crippen LogP contribution is -2.13. The van der Waals surface area contributed by atoms with Gasteiger partial charge in [0.25, 0.3) is 0 Å². The predicted octanol–water partition coefficient (Wildman–Crippen LogP) is 2.53. The Labute approximate surface area is 127 Å². The summed E-state index contributed by atoms with van der Waals surface area (Å²) in [5, 5.41) is 9.06. The number of amidine groups is 1. The molecule has 0 fully saturated rings. The lowest BCUT2D eigenvalue weighted by molar-refractivity contribution is 0.676. The van der Waals surface area contributed by atoms with Crippen LogP contribution in [0.1, 0.15) is 24.0 Å². The molecule has 0 atom stereocenters. The molecule has 110 valence electrons. The average Bonchev–Trinajstić information content (AvgIpc) is 3.09. The van der Waals surface area contributed by atoms with Crippen molar-refractivity contribution in [1.82, 2.24) is 19.7 Å². The third-order valence-corrected chi connectivity index (χ3v) is 3.88. The van der Waals surface area contributed by atoms with Gasteiger partial charge in [-0.15, -0.1) is 0 Å². The van der Waals surface area contributed by atoms with E-state index in [4.69, 9.17) is 0 Å². The molecule has 0 unspecified atom stereocenters. The van der Waals surface area contributed by atoms with Crippen molar-refractivity contribution in [3.63, 3.8) is 0 Å². The second-order valence-corrected chi connectivity index (χ2v) is 5.27. The van der Waals surface area contributed by atoms with E-state index in [1.54, 1.807) is 12.4 Å². The number of benzene rings is 1. The number of hydrogen-bond donors (Lipinski definition) is 1. The Morgan fingerprint density at radius 2 is 2.09 bits per heavy atom. The number of rotatable bonds is 2. The summed E-state index contributed by atoms with van der Waals surface area (Å²) in [4.78, 5) is 13.1. The third-order valence-electron chi connectivity index (χ3n) is 3.88. The number of aliphatic imine (C=N–C) groups is 1. The van der Waals surface area contributed by atoms with Gasteiger partial charge < -0.3 is 5.32 Å². The normalized spacial score (nSPS) is 13.3. The highest BCUT2D eigenvalue weighted by Crippen LogP contribution is 2.24. The molecule has 0 aliphatic carbocycles. The van der Waals surface area contributed by atoms with Gasteiger partial charge in [0.15, 0.2) is 5.84 Å². The van der Waals surface area contributed by atoms with Crippen LogP contribution in [-0.2, 0) is 13.1 Å². The maximum Gasteiger partial charge on any atom is 0.154 e. The van der Waals surface area contributed by atoms with Crippen LogP contribution in [0.2, 0.25) is 0 Å². The highest BCUT2D eigenvalue weighted by atomic mass is 15.3. The fourth-order valence-electron chi connectivity index (χ4n) is 2.80. The number of aryl methyl sites for hydroxylation is 2. The molecule has 3 heterocycles. The largest absolute Gasteiger partial charge is 0.339 e. The van der Waals surface area contributed by atoms with Crippen LogP contribution in [0.5, 0.6) is 0 Å². The SMILES string of the molecule is CCn1nc(C)c2cc(NC3=NCc4nccnc43)ccc21. The van der Waals surface area contributed by atoms with Crippen LogP contribution in [0, 0.1) is 6.92 Å². The molecule has 6 heteroatoms. The van der Waals surface area contributed by atoms with Crippen molar-refractivity contribution in [1.29, 1.82) is 0 Å². The van der Waals surface area contributed by atoms with Crippen LogP contribution in [0.3, 0.4) is 0 Å². The molecule has 1 N–H and O–H groups in total. The second-order valence-electron chi connectivity index (χ2n) is 5.27. The number of nitrogens with zero attached hydrogens (tertiary/aromatic N) is 5. The van der Waals surface area contributed by atoms with Crippen molar-refractivity contribution < 1.29 is 0 Å². The molecule has 1 aliphatic heterocycles. The van der Waals surface area contributed by atoms with Gasteiger partial charge in [-0.3, -0.25) is 14.7 Å². The minimum atomic E-state index is 0.584. The van der Waals surface area contributed by atoms with E-state index < -0.39 is 0 Å². The fourth-order valence-corrected chi connectivity index (χ4v) is 2.80. The van der Waals surface area contributed by atoms with E-state index in [1.807, 2.05) is 17.7 Å². The molecule has 4 rings (SSSR count). The van der Waals surface area contributed by atoms with Crippen LogP contribution in [0.4, 0.5) is 5.69 Å². The average molecular weight is 292 g/mol. The number of fused-ring (bicyclic) bond motifs is 2. The summed E-state index contributed by atoms with van der Waals surface area (Å²) in [6, 6.07) is 6.25. The fraction of sp³-hybridized carbons (Fsp3) is 0.250. The Hall–Kier alpha value is -2.76. The number of nitrogens with one attached hydrogen (secondary N) is 1. The maximum atomic E-state index is 4.55. The van der Waals surface area contributed by atoms with E-state index >= 15 is 0 Å². The first-order valence-electron chi connectivity index (χ1n) is 7.35. The Bertz CT molecular complexity index is 893. The Morgan fingerprint density at radius 1 is 1.23 bits per heavy atom. The van der Waals surface area contributed by atoms with Gasteiger partial charge in [0, 0.05) is 30.0 Å². The van der Waals surface area contributed by atoms with E-state index in [0.717, 1.165) is 46.1 Å². The Kier molecular flexibility index (Phi) is 2.89. The van der Waals surface area contributed by atoms with Gasteiger partial charge in [-0.2, -0.15) is 5.10 Å². The molecule has 0 saturated heterocycles. The third kappa shape index (κ3) is 1.95. The van der Waals surface area contributed by atoms with Gasteiger partial charge in [-0.25, -0.2) is 4.98 Å². The zero-order chi connectivity index (χ0) is 15.1. The van der Waals surface area contributed by atoms with E-state index in [1.165, 1.54) is 0 Å². The van der Waals surface area contributed by atoms with Crippen LogP contribution < -0.4 is 5.32 Å². The van der Waals surface area contributed by atoms with Crippen molar-refractivity contribution in [2.24, 2.45) is 4.99 Å².